The highest BCUT2D eigenvalue weighted by Gasteiger charge is 2.43. The van der Waals surface area contributed by atoms with Crippen molar-refractivity contribution in [3.63, 3.8) is 0 Å². The maximum atomic E-state index is 12.6. The fourth-order valence-corrected chi connectivity index (χ4v) is 3.80. The molecule has 7 heteroatoms. The van der Waals surface area contributed by atoms with Crippen LogP contribution in [0.15, 0.2) is 36.4 Å². The lowest BCUT2D eigenvalue weighted by atomic mass is 9.82. The zero-order valence-corrected chi connectivity index (χ0v) is 17.5. The zero-order chi connectivity index (χ0) is 21.7. The summed E-state index contributed by atoms with van der Waals surface area (Å²) in [7, 11) is 2.97. The van der Waals surface area contributed by atoms with Crippen LogP contribution in [0.3, 0.4) is 0 Å². The SMILES string of the molecule is CCCOC(c1ccc(O)c(OC)c1)[C@H]1COC(=O)[C@@H]1Cc1ccc(O)c(OC)c1. The van der Waals surface area contributed by atoms with Gasteiger partial charge in [0.1, 0.15) is 0 Å². The molecule has 7 nitrogen and oxygen atoms in total. The van der Waals surface area contributed by atoms with E-state index in [0.717, 1.165) is 17.5 Å². The highest BCUT2D eigenvalue weighted by molar-refractivity contribution is 5.75. The van der Waals surface area contributed by atoms with Gasteiger partial charge in [-0.1, -0.05) is 19.1 Å². The summed E-state index contributed by atoms with van der Waals surface area (Å²) in [6, 6.07) is 10.1. The van der Waals surface area contributed by atoms with Crippen LogP contribution in [0, 0.1) is 11.8 Å². The molecule has 2 aromatic carbocycles. The van der Waals surface area contributed by atoms with Crippen molar-refractivity contribution in [2.45, 2.75) is 25.9 Å². The van der Waals surface area contributed by atoms with Crippen molar-refractivity contribution in [1.82, 2.24) is 0 Å². The summed E-state index contributed by atoms with van der Waals surface area (Å²) >= 11 is 0. The van der Waals surface area contributed by atoms with Crippen molar-refractivity contribution >= 4 is 5.97 Å². The van der Waals surface area contributed by atoms with Crippen LogP contribution >= 0.6 is 0 Å². The van der Waals surface area contributed by atoms with E-state index in [1.807, 2.05) is 6.92 Å². The number of ether oxygens (including phenoxy) is 4. The Morgan fingerprint density at radius 2 is 1.73 bits per heavy atom. The number of phenols is 2. The van der Waals surface area contributed by atoms with E-state index in [1.54, 1.807) is 36.4 Å². The van der Waals surface area contributed by atoms with Gasteiger partial charge in [-0.25, -0.2) is 0 Å². The number of rotatable bonds is 9. The number of cyclic esters (lactones) is 1. The van der Waals surface area contributed by atoms with Gasteiger partial charge >= 0.3 is 5.97 Å². The smallest absolute Gasteiger partial charge is 0.309 e. The summed E-state index contributed by atoms with van der Waals surface area (Å²) in [5, 5.41) is 19.8. The number of hydrogen-bond donors (Lipinski definition) is 2. The molecule has 1 heterocycles. The topological polar surface area (TPSA) is 94.5 Å². The van der Waals surface area contributed by atoms with Crippen LogP contribution in [-0.4, -0.2) is 43.6 Å². The van der Waals surface area contributed by atoms with Gasteiger partial charge in [-0.05, 0) is 48.2 Å². The number of benzene rings is 2. The monoisotopic (exact) mass is 416 g/mol. The van der Waals surface area contributed by atoms with Crippen LogP contribution in [0.2, 0.25) is 0 Å². The number of phenolic OH excluding ortho intramolecular Hbond substituents is 2. The summed E-state index contributed by atoms with van der Waals surface area (Å²) < 4.78 is 22.0. The van der Waals surface area contributed by atoms with Crippen molar-refractivity contribution in [2.75, 3.05) is 27.4 Å². The molecule has 3 rings (SSSR count). The van der Waals surface area contributed by atoms with Gasteiger partial charge in [0, 0.05) is 12.5 Å². The normalized spacial score (nSPS) is 19.4. The van der Waals surface area contributed by atoms with Crippen molar-refractivity contribution in [1.29, 1.82) is 0 Å². The fraction of sp³-hybridized carbons (Fsp3) is 0.435. The Kier molecular flexibility index (Phi) is 7.05. The molecule has 1 saturated heterocycles. The van der Waals surface area contributed by atoms with Crippen molar-refractivity contribution in [2.24, 2.45) is 11.8 Å². The van der Waals surface area contributed by atoms with Crippen molar-refractivity contribution < 1.29 is 34.0 Å². The number of hydrogen-bond acceptors (Lipinski definition) is 7. The van der Waals surface area contributed by atoms with E-state index in [0.29, 0.717) is 24.5 Å². The lowest BCUT2D eigenvalue weighted by Gasteiger charge is -2.27. The quantitative estimate of drug-likeness (QED) is 0.603. The van der Waals surface area contributed by atoms with Gasteiger partial charge in [0.2, 0.25) is 0 Å². The van der Waals surface area contributed by atoms with E-state index in [9.17, 15) is 15.0 Å². The van der Waals surface area contributed by atoms with Crippen molar-refractivity contribution in [3.8, 4) is 23.0 Å². The first-order chi connectivity index (χ1) is 14.5. The van der Waals surface area contributed by atoms with Crippen LogP contribution in [0.25, 0.3) is 0 Å². The maximum Gasteiger partial charge on any atom is 0.309 e. The Labute approximate surface area is 176 Å². The van der Waals surface area contributed by atoms with Gasteiger partial charge in [0.15, 0.2) is 23.0 Å². The summed E-state index contributed by atoms with van der Waals surface area (Å²) in [4.78, 5) is 12.6. The predicted molar refractivity (Wildman–Crippen MR) is 110 cm³/mol. The fourth-order valence-electron chi connectivity index (χ4n) is 3.80. The van der Waals surface area contributed by atoms with Gasteiger partial charge in [0.05, 0.1) is 32.8 Å². The zero-order valence-electron chi connectivity index (χ0n) is 17.5. The second-order valence-electron chi connectivity index (χ2n) is 7.33. The molecule has 0 saturated carbocycles. The van der Waals surface area contributed by atoms with E-state index in [1.165, 1.54) is 14.2 Å². The molecule has 0 aromatic heterocycles. The Hall–Kier alpha value is -2.93. The Balaban J connectivity index is 1.90. The van der Waals surface area contributed by atoms with E-state index in [2.05, 4.69) is 0 Å². The highest BCUT2D eigenvalue weighted by atomic mass is 16.5. The molecular formula is C23H28O7. The lowest BCUT2D eigenvalue weighted by molar-refractivity contribution is -0.141. The van der Waals surface area contributed by atoms with Crippen molar-refractivity contribution in [3.05, 3.63) is 47.5 Å². The highest BCUT2D eigenvalue weighted by Crippen LogP contribution is 2.41. The molecule has 0 amide bonds. The van der Waals surface area contributed by atoms with Gasteiger partial charge < -0.3 is 29.2 Å². The molecule has 1 fully saturated rings. The molecule has 1 unspecified atom stereocenters. The standard InChI is InChI=1S/C23H28O7/c1-4-9-29-22(15-6-8-19(25)21(12-15)28-3)17-13-30-23(26)16(17)10-14-5-7-18(24)20(11-14)27-2/h5-8,11-12,16-17,22,24-25H,4,9-10,13H2,1-3H3/t16-,17+,22?/m1/s1. The molecule has 3 atom stereocenters. The average molecular weight is 416 g/mol. The summed E-state index contributed by atoms with van der Waals surface area (Å²) in [6.45, 7) is 2.79. The van der Waals surface area contributed by atoms with Crippen LogP contribution < -0.4 is 9.47 Å². The van der Waals surface area contributed by atoms with E-state index in [-0.39, 0.29) is 30.0 Å². The first kappa shape index (κ1) is 21.8. The minimum Gasteiger partial charge on any atom is -0.504 e. The average Bonchev–Trinajstić information content (AvgIpc) is 3.10. The van der Waals surface area contributed by atoms with Crippen LogP contribution in [0.5, 0.6) is 23.0 Å². The minimum atomic E-state index is -0.416. The summed E-state index contributed by atoms with van der Waals surface area (Å²) in [5.74, 6) is -0.101. The summed E-state index contributed by atoms with van der Waals surface area (Å²) in [5.41, 5.74) is 1.67. The van der Waals surface area contributed by atoms with E-state index >= 15 is 0 Å². The van der Waals surface area contributed by atoms with Gasteiger partial charge in [-0.3, -0.25) is 4.79 Å². The summed E-state index contributed by atoms with van der Waals surface area (Å²) in [6.07, 6.45) is 0.865. The molecule has 2 N–H and O–H groups in total. The number of methoxy groups -OCH3 is 2. The van der Waals surface area contributed by atoms with Crippen LogP contribution in [-0.2, 0) is 20.7 Å². The first-order valence-corrected chi connectivity index (χ1v) is 9.99. The van der Waals surface area contributed by atoms with E-state index < -0.39 is 12.0 Å². The molecular weight excluding hydrogens is 388 g/mol. The van der Waals surface area contributed by atoms with Gasteiger partial charge in [0.25, 0.3) is 0 Å². The third-order valence-electron chi connectivity index (χ3n) is 5.36. The Morgan fingerprint density at radius 3 is 2.40 bits per heavy atom. The number of aromatic hydroxyl groups is 2. The maximum absolute atomic E-state index is 12.6. The van der Waals surface area contributed by atoms with Gasteiger partial charge in [-0.2, -0.15) is 0 Å². The first-order valence-electron chi connectivity index (χ1n) is 9.99. The lowest BCUT2D eigenvalue weighted by Crippen LogP contribution is -2.26. The number of esters is 1. The van der Waals surface area contributed by atoms with E-state index in [4.69, 9.17) is 18.9 Å². The molecule has 1 aliphatic heterocycles. The molecule has 0 aliphatic carbocycles. The van der Waals surface area contributed by atoms with Crippen LogP contribution in [0.1, 0.15) is 30.6 Å². The largest absolute Gasteiger partial charge is 0.504 e. The number of carbonyl (C=O) groups is 1. The Bertz CT molecular complexity index is 880. The molecule has 30 heavy (non-hydrogen) atoms. The van der Waals surface area contributed by atoms with Gasteiger partial charge in [-0.15, -0.1) is 0 Å². The predicted octanol–water partition coefficient (Wildman–Crippen LogP) is 3.61. The molecule has 1 aliphatic rings. The number of carbonyl (C=O) groups excluding carboxylic acids is 1. The third kappa shape index (κ3) is 4.62. The second kappa shape index (κ2) is 9.71. The minimum absolute atomic E-state index is 0.0435. The third-order valence-corrected chi connectivity index (χ3v) is 5.36. The molecule has 0 spiro atoms. The van der Waals surface area contributed by atoms with Crippen LogP contribution in [0.4, 0.5) is 0 Å². The Morgan fingerprint density at radius 1 is 1.07 bits per heavy atom. The second-order valence-corrected chi connectivity index (χ2v) is 7.33. The molecule has 2 aromatic rings. The molecule has 0 radical (unpaired) electrons. The molecule has 162 valence electrons. The molecule has 0 bridgehead atoms.